The van der Waals surface area contributed by atoms with Crippen LogP contribution in [0.3, 0.4) is 0 Å². The highest BCUT2D eigenvalue weighted by Gasteiger charge is 2.24. The predicted octanol–water partition coefficient (Wildman–Crippen LogP) is 3.77. The van der Waals surface area contributed by atoms with Crippen LogP contribution in [0.15, 0.2) is 51.1 Å². The van der Waals surface area contributed by atoms with E-state index in [1.54, 1.807) is 35.6 Å². The molecule has 3 nitrogen and oxygen atoms in total. The van der Waals surface area contributed by atoms with Crippen LogP contribution >= 0.6 is 27.3 Å². The van der Waals surface area contributed by atoms with Crippen molar-refractivity contribution in [3.63, 3.8) is 0 Å². The highest BCUT2D eigenvalue weighted by Crippen LogP contribution is 2.27. The molecule has 2 aromatic rings. The van der Waals surface area contributed by atoms with Crippen molar-refractivity contribution in [1.29, 1.82) is 0 Å². The van der Waals surface area contributed by atoms with Crippen LogP contribution in [0.4, 0.5) is 0 Å². The van der Waals surface area contributed by atoms with Crippen molar-refractivity contribution in [3.05, 3.63) is 51.1 Å². The van der Waals surface area contributed by atoms with Crippen molar-refractivity contribution in [3.8, 4) is 0 Å². The third-order valence-electron chi connectivity index (χ3n) is 3.02. The van der Waals surface area contributed by atoms with Gasteiger partial charge in [0.05, 0.1) is 4.90 Å². The van der Waals surface area contributed by atoms with Gasteiger partial charge in [-0.2, -0.15) is 0 Å². The van der Waals surface area contributed by atoms with Gasteiger partial charge < -0.3 is 0 Å². The largest absolute Gasteiger partial charge is 0.240 e. The molecule has 0 fully saturated rings. The summed E-state index contributed by atoms with van der Waals surface area (Å²) < 4.78 is 28.0. The molecule has 20 heavy (non-hydrogen) atoms. The van der Waals surface area contributed by atoms with Gasteiger partial charge in [0.2, 0.25) is 10.0 Å². The molecule has 0 aliphatic heterocycles. The Balaban J connectivity index is 2.12. The Morgan fingerprint density at radius 1 is 1.20 bits per heavy atom. The minimum absolute atomic E-state index is 0.226. The molecular formula is C14H16BrNO2S2. The lowest BCUT2D eigenvalue weighted by molar-refractivity contribution is 0.509. The van der Waals surface area contributed by atoms with Crippen LogP contribution in [0.5, 0.6) is 0 Å². The molecule has 1 aromatic carbocycles. The fourth-order valence-electron chi connectivity index (χ4n) is 1.72. The first-order chi connectivity index (χ1) is 9.31. The van der Waals surface area contributed by atoms with Crippen LogP contribution in [0.1, 0.15) is 18.7 Å². The summed E-state index contributed by atoms with van der Waals surface area (Å²) in [5.74, 6) is 0. The summed E-state index contributed by atoms with van der Waals surface area (Å²) in [5, 5.41) is 2.00. The maximum atomic E-state index is 12.2. The molecule has 0 spiro atoms. The molecule has 0 bridgehead atoms. The van der Waals surface area contributed by atoms with Crippen LogP contribution in [0.2, 0.25) is 0 Å². The summed E-state index contributed by atoms with van der Waals surface area (Å²) in [7, 11) is -3.47. The Labute approximate surface area is 132 Å². The average Bonchev–Trinajstić information content (AvgIpc) is 2.92. The maximum absolute atomic E-state index is 12.2. The van der Waals surface area contributed by atoms with E-state index in [0.29, 0.717) is 6.54 Å². The van der Waals surface area contributed by atoms with Gasteiger partial charge in [-0.3, -0.25) is 0 Å². The minimum Gasteiger partial charge on any atom is -0.210 e. The molecule has 0 aliphatic carbocycles. The van der Waals surface area contributed by atoms with Gasteiger partial charge in [-0.05, 0) is 35.7 Å². The quantitative estimate of drug-likeness (QED) is 0.866. The molecule has 0 amide bonds. The number of halogens is 1. The number of thiophene rings is 1. The predicted molar refractivity (Wildman–Crippen MR) is 86.7 cm³/mol. The molecule has 2 rings (SSSR count). The fourth-order valence-corrected chi connectivity index (χ4v) is 4.05. The SMILES string of the molecule is CC(C)(CNS(=O)(=O)c1ccc(Br)cc1)c1cccs1. The first-order valence-electron chi connectivity index (χ1n) is 6.10. The third kappa shape index (κ3) is 3.69. The third-order valence-corrected chi connectivity index (χ3v) is 6.20. The Kier molecular flexibility index (Phi) is 4.69. The van der Waals surface area contributed by atoms with Crippen molar-refractivity contribution in [1.82, 2.24) is 4.72 Å². The zero-order chi connectivity index (χ0) is 14.8. The second-order valence-electron chi connectivity index (χ2n) is 5.14. The van der Waals surface area contributed by atoms with Gasteiger partial charge in [0.1, 0.15) is 0 Å². The van der Waals surface area contributed by atoms with Gasteiger partial charge in [0, 0.05) is 21.3 Å². The first kappa shape index (κ1) is 15.7. The minimum atomic E-state index is -3.47. The monoisotopic (exact) mass is 373 g/mol. The summed E-state index contributed by atoms with van der Waals surface area (Å²) in [6, 6.07) is 10.6. The van der Waals surface area contributed by atoms with E-state index in [1.165, 1.54) is 0 Å². The van der Waals surface area contributed by atoms with Gasteiger partial charge in [0.25, 0.3) is 0 Å². The maximum Gasteiger partial charge on any atom is 0.240 e. The van der Waals surface area contributed by atoms with Crippen molar-refractivity contribution in [2.75, 3.05) is 6.54 Å². The van der Waals surface area contributed by atoms with E-state index in [2.05, 4.69) is 20.7 Å². The molecule has 1 N–H and O–H groups in total. The lowest BCUT2D eigenvalue weighted by Gasteiger charge is -2.23. The van der Waals surface area contributed by atoms with E-state index in [9.17, 15) is 8.42 Å². The van der Waals surface area contributed by atoms with E-state index in [0.717, 1.165) is 9.35 Å². The summed E-state index contributed by atoms with van der Waals surface area (Å²) in [5.41, 5.74) is -0.226. The molecule has 1 aromatic heterocycles. The number of hydrogen-bond acceptors (Lipinski definition) is 3. The summed E-state index contributed by atoms with van der Waals surface area (Å²) in [4.78, 5) is 1.44. The molecule has 6 heteroatoms. The molecule has 108 valence electrons. The van der Waals surface area contributed by atoms with Crippen molar-refractivity contribution in [2.24, 2.45) is 0 Å². The Bertz CT molecular complexity index is 662. The normalized spacial score (nSPS) is 12.6. The van der Waals surface area contributed by atoms with Crippen molar-refractivity contribution < 1.29 is 8.42 Å². The van der Waals surface area contributed by atoms with Gasteiger partial charge in [0.15, 0.2) is 0 Å². The fraction of sp³-hybridized carbons (Fsp3) is 0.286. The van der Waals surface area contributed by atoms with Crippen molar-refractivity contribution in [2.45, 2.75) is 24.2 Å². The molecule has 1 heterocycles. The number of rotatable bonds is 5. The lowest BCUT2D eigenvalue weighted by Crippen LogP contribution is -2.36. The first-order valence-corrected chi connectivity index (χ1v) is 9.26. The second kappa shape index (κ2) is 5.97. The van der Waals surface area contributed by atoms with Gasteiger partial charge in [-0.25, -0.2) is 13.1 Å². The number of nitrogens with one attached hydrogen (secondary N) is 1. The summed E-state index contributed by atoms with van der Waals surface area (Å²) >= 11 is 4.93. The second-order valence-corrected chi connectivity index (χ2v) is 8.77. The van der Waals surface area contributed by atoms with E-state index in [-0.39, 0.29) is 10.3 Å². The molecule has 0 unspecified atom stereocenters. The highest BCUT2D eigenvalue weighted by atomic mass is 79.9. The molecule has 0 aliphatic rings. The van der Waals surface area contributed by atoms with Crippen LogP contribution < -0.4 is 4.72 Å². The molecule has 0 atom stereocenters. The molecular weight excluding hydrogens is 358 g/mol. The Morgan fingerprint density at radius 3 is 2.40 bits per heavy atom. The smallest absolute Gasteiger partial charge is 0.210 e. The summed E-state index contributed by atoms with van der Waals surface area (Å²) in [6.07, 6.45) is 0. The van der Waals surface area contributed by atoms with Crippen molar-refractivity contribution >= 4 is 37.3 Å². The zero-order valence-corrected chi connectivity index (χ0v) is 14.5. The number of benzene rings is 1. The molecule has 0 radical (unpaired) electrons. The molecule has 0 saturated carbocycles. The topological polar surface area (TPSA) is 46.2 Å². The number of sulfonamides is 1. The van der Waals surface area contributed by atoms with E-state index in [4.69, 9.17) is 0 Å². The van der Waals surface area contributed by atoms with Crippen LogP contribution in [-0.4, -0.2) is 15.0 Å². The Morgan fingerprint density at radius 2 is 1.85 bits per heavy atom. The van der Waals surface area contributed by atoms with E-state index >= 15 is 0 Å². The molecule has 0 saturated heterocycles. The van der Waals surface area contributed by atoms with Gasteiger partial charge in [-0.15, -0.1) is 11.3 Å². The van der Waals surface area contributed by atoms with Crippen LogP contribution in [0.25, 0.3) is 0 Å². The Hall–Kier alpha value is -0.690. The average molecular weight is 374 g/mol. The summed E-state index contributed by atoms with van der Waals surface area (Å²) in [6.45, 7) is 4.43. The standard InChI is InChI=1S/C14H16BrNO2S2/c1-14(2,13-4-3-9-19-13)10-16-20(17,18)12-7-5-11(15)6-8-12/h3-9,16H,10H2,1-2H3. The zero-order valence-electron chi connectivity index (χ0n) is 11.3. The van der Waals surface area contributed by atoms with Crippen LogP contribution in [-0.2, 0) is 15.4 Å². The number of hydrogen-bond donors (Lipinski definition) is 1. The highest BCUT2D eigenvalue weighted by molar-refractivity contribution is 9.10. The van der Waals surface area contributed by atoms with E-state index < -0.39 is 10.0 Å². The van der Waals surface area contributed by atoms with E-state index in [1.807, 2.05) is 31.4 Å². The van der Waals surface area contributed by atoms with Gasteiger partial charge >= 0.3 is 0 Å². The lowest BCUT2D eigenvalue weighted by atomic mass is 9.92. The van der Waals surface area contributed by atoms with Crippen LogP contribution in [0, 0.1) is 0 Å². The van der Waals surface area contributed by atoms with Gasteiger partial charge in [-0.1, -0.05) is 35.8 Å².